The number of piperidine rings is 1. The lowest BCUT2D eigenvalue weighted by Gasteiger charge is -2.29. The van der Waals surface area contributed by atoms with Crippen LogP contribution in [0.1, 0.15) is 40.0 Å². The first-order valence-electron chi connectivity index (χ1n) is 8.90. The molecule has 3 N–H and O–H groups in total. The van der Waals surface area contributed by atoms with E-state index in [0.29, 0.717) is 12.5 Å². The van der Waals surface area contributed by atoms with Gasteiger partial charge in [0.1, 0.15) is 5.60 Å². The Kier molecular flexibility index (Phi) is 8.89. The van der Waals surface area contributed by atoms with Crippen LogP contribution in [0.15, 0.2) is 4.99 Å². The predicted molar refractivity (Wildman–Crippen MR) is 98.4 cm³/mol. The van der Waals surface area contributed by atoms with Gasteiger partial charge in [-0.3, -0.25) is 4.99 Å². The molecule has 140 valence electrons. The number of aliphatic imine (C=N–C) groups is 1. The monoisotopic (exact) mass is 341 g/mol. The molecule has 1 amide bonds. The van der Waals surface area contributed by atoms with E-state index in [2.05, 4.69) is 32.9 Å². The second-order valence-electron chi connectivity index (χ2n) is 7.41. The highest BCUT2D eigenvalue weighted by Gasteiger charge is 2.17. The number of hydrogen-bond acceptors (Lipinski definition) is 4. The van der Waals surface area contributed by atoms with E-state index < -0.39 is 5.60 Å². The van der Waals surface area contributed by atoms with Gasteiger partial charge < -0.3 is 25.6 Å². The summed E-state index contributed by atoms with van der Waals surface area (Å²) in [6.07, 6.45) is 2.92. The molecule has 0 aliphatic carbocycles. The van der Waals surface area contributed by atoms with Gasteiger partial charge in [-0.1, -0.05) is 0 Å². The van der Waals surface area contributed by atoms with Gasteiger partial charge in [0.25, 0.3) is 0 Å². The first-order valence-corrected chi connectivity index (χ1v) is 8.90. The molecule has 1 heterocycles. The number of amides is 1. The van der Waals surface area contributed by atoms with Crippen LogP contribution in [0.2, 0.25) is 0 Å². The van der Waals surface area contributed by atoms with E-state index in [1.54, 1.807) is 7.05 Å². The smallest absolute Gasteiger partial charge is 0.407 e. The molecule has 1 fully saturated rings. The maximum absolute atomic E-state index is 11.5. The van der Waals surface area contributed by atoms with Gasteiger partial charge in [-0.2, -0.15) is 0 Å². The Morgan fingerprint density at radius 2 is 1.79 bits per heavy atom. The fourth-order valence-electron chi connectivity index (χ4n) is 2.53. The highest BCUT2D eigenvalue weighted by Crippen LogP contribution is 2.14. The van der Waals surface area contributed by atoms with E-state index in [0.717, 1.165) is 25.5 Å². The highest BCUT2D eigenvalue weighted by molar-refractivity contribution is 5.79. The van der Waals surface area contributed by atoms with E-state index >= 15 is 0 Å². The summed E-state index contributed by atoms with van der Waals surface area (Å²) in [6, 6.07) is 0. The van der Waals surface area contributed by atoms with Crippen molar-refractivity contribution in [2.45, 2.75) is 45.6 Å². The summed E-state index contributed by atoms with van der Waals surface area (Å²) < 4.78 is 5.19. The summed E-state index contributed by atoms with van der Waals surface area (Å²) in [5.41, 5.74) is -0.456. The largest absolute Gasteiger partial charge is 0.444 e. The molecule has 1 aliphatic rings. The van der Waals surface area contributed by atoms with Crippen LogP contribution in [0, 0.1) is 5.92 Å². The molecule has 1 aliphatic heterocycles. The molecule has 0 aromatic heterocycles. The molecule has 0 radical (unpaired) electrons. The molecular formula is C17H35N5O2. The van der Waals surface area contributed by atoms with Crippen molar-refractivity contribution in [3.8, 4) is 0 Å². The summed E-state index contributed by atoms with van der Waals surface area (Å²) >= 11 is 0. The lowest BCUT2D eigenvalue weighted by molar-refractivity contribution is 0.0527. The van der Waals surface area contributed by atoms with E-state index in [4.69, 9.17) is 4.74 Å². The number of hydrogen-bond donors (Lipinski definition) is 3. The molecule has 0 atom stereocenters. The zero-order chi connectivity index (χ0) is 18.0. The standard InChI is InChI=1S/C17H35N5O2/c1-17(2,3)24-16(23)20-10-6-9-19-15(18-4)21-13-14-7-11-22(5)12-8-14/h14H,6-13H2,1-5H3,(H,20,23)(H2,18,19,21). The van der Waals surface area contributed by atoms with Crippen LogP contribution in [-0.4, -0.2) is 69.4 Å². The van der Waals surface area contributed by atoms with Gasteiger partial charge in [0.15, 0.2) is 5.96 Å². The van der Waals surface area contributed by atoms with Crippen molar-refractivity contribution in [2.24, 2.45) is 10.9 Å². The average Bonchev–Trinajstić information content (AvgIpc) is 2.50. The molecule has 7 nitrogen and oxygen atoms in total. The van der Waals surface area contributed by atoms with Gasteiger partial charge in [-0.05, 0) is 66.1 Å². The van der Waals surface area contributed by atoms with Gasteiger partial charge >= 0.3 is 6.09 Å². The molecule has 0 unspecified atom stereocenters. The van der Waals surface area contributed by atoms with Crippen LogP contribution >= 0.6 is 0 Å². The highest BCUT2D eigenvalue weighted by atomic mass is 16.6. The van der Waals surface area contributed by atoms with Crippen molar-refractivity contribution < 1.29 is 9.53 Å². The Bertz CT molecular complexity index is 398. The van der Waals surface area contributed by atoms with Gasteiger partial charge in [-0.15, -0.1) is 0 Å². The van der Waals surface area contributed by atoms with Gasteiger partial charge in [0.2, 0.25) is 0 Å². The summed E-state index contributed by atoms with van der Waals surface area (Å²) in [5.74, 6) is 1.54. The minimum Gasteiger partial charge on any atom is -0.444 e. The zero-order valence-corrected chi connectivity index (χ0v) is 15.9. The van der Waals surface area contributed by atoms with E-state index in [1.807, 2.05) is 20.8 Å². The predicted octanol–water partition coefficient (Wildman–Crippen LogP) is 1.41. The Labute approximate surface area is 146 Å². The lowest BCUT2D eigenvalue weighted by Crippen LogP contribution is -2.43. The summed E-state index contributed by atoms with van der Waals surface area (Å²) in [4.78, 5) is 18.1. The van der Waals surface area contributed by atoms with Crippen LogP contribution in [-0.2, 0) is 4.74 Å². The van der Waals surface area contributed by atoms with E-state index in [-0.39, 0.29) is 6.09 Å². The first-order chi connectivity index (χ1) is 11.3. The number of carbonyl (C=O) groups is 1. The third-order valence-corrected chi connectivity index (χ3v) is 3.93. The third kappa shape index (κ3) is 9.60. The SMILES string of the molecule is CN=C(NCCCNC(=O)OC(C)(C)C)NCC1CCN(C)CC1. The van der Waals surface area contributed by atoms with Crippen molar-refractivity contribution in [3.05, 3.63) is 0 Å². The Hall–Kier alpha value is -1.50. The van der Waals surface area contributed by atoms with Crippen LogP contribution in [0.5, 0.6) is 0 Å². The fraction of sp³-hybridized carbons (Fsp3) is 0.882. The van der Waals surface area contributed by atoms with Crippen molar-refractivity contribution >= 4 is 12.1 Å². The minimum atomic E-state index is -0.456. The second-order valence-corrected chi connectivity index (χ2v) is 7.41. The molecule has 0 aromatic carbocycles. The topological polar surface area (TPSA) is 78.0 Å². The maximum Gasteiger partial charge on any atom is 0.407 e. The molecule has 0 spiro atoms. The number of rotatable bonds is 6. The number of nitrogens with zero attached hydrogens (tertiary/aromatic N) is 2. The fourth-order valence-corrected chi connectivity index (χ4v) is 2.53. The van der Waals surface area contributed by atoms with Crippen LogP contribution in [0.3, 0.4) is 0 Å². The van der Waals surface area contributed by atoms with Crippen LogP contribution in [0.25, 0.3) is 0 Å². The molecule has 24 heavy (non-hydrogen) atoms. The Morgan fingerprint density at radius 3 is 2.38 bits per heavy atom. The molecule has 0 aromatic rings. The molecule has 0 saturated carbocycles. The molecule has 1 saturated heterocycles. The van der Waals surface area contributed by atoms with Gasteiger partial charge in [0, 0.05) is 26.7 Å². The summed E-state index contributed by atoms with van der Waals surface area (Å²) in [5, 5.41) is 9.42. The van der Waals surface area contributed by atoms with Gasteiger partial charge in [-0.25, -0.2) is 4.79 Å². The van der Waals surface area contributed by atoms with Crippen LogP contribution < -0.4 is 16.0 Å². The average molecular weight is 342 g/mol. The van der Waals surface area contributed by atoms with E-state index in [1.165, 1.54) is 25.9 Å². The molecule has 7 heteroatoms. The van der Waals surface area contributed by atoms with Crippen molar-refractivity contribution in [3.63, 3.8) is 0 Å². The minimum absolute atomic E-state index is 0.368. The number of likely N-dealkylation sites (tertiary alicyclic amines) is 1. The number of ether oxygens (including phenoxy) is 1. The second kappa shape index (κ2) is 10.4. The lowest BCUT2D eigenvalue weighted by atomic mass is 9.97. The van der Waals surface area contributed by atoms with Gasteiger partial charge in [0.05, 0.1) is 0 Å². The van der Waals surface area contributed by atoms with Crippen molar-refractivity contribution in [2.75, 3.05) is 46.8 Å². The quantitative estimate of drug-likeness (QED) is 0.387. The third-order valence-electron chi connectivity index (χ3n) is 3.93. The first kappa shape index (κ1) is 20.5. The van der Waals surface area contributed by atoms with Crippen LogP contribution in [0.4, 0.5) is 4.79 Å². The van der Waals surface area contributed by atoms with Crippen molar-refractivity contribution in [1.82, 2.24) is 20.9 Å². The Morgan fingerprint density at radius 1 is 1.17 bits per heavy atom. The zero-order valence-electron chi connectivity index (χ0n) is 15.9. The van der Waals surface area contributed by atoms with E-state index in [9.17, 15) is 4.79 Å². The Balaban J connectivity index is 2.09. The number of guanidine groups is 1. The molecule has 0 bridgehead atoms. The number of nitrogens with one attached hydrogen (secondary N) is 3. The molecule has 1 rings (SSSR count). The summed E-state index contributed by atoms with van der Waals surface area (Å²) in [7, 11) is 3.96. The number of alkyl carbamates (subject to hydrolysis) is 1. The maximum atomic E-state index is 11.5. The summed E-state index contributed by atoms with van der Waals surface area (Å²) in [6.45, 7) is 10.2. The normalized spacial score (nSPS) is 17.5. The van der Waals surface area contributed by atoms with Crippen molar-refractivity contribution in [1.29, 1.82) is 0 Å². The molecular weight excluding hydrogens is 306 g/mol. The number of carbonyl (C=O) groups excluding carboxylic acids is 1.